The van der Waals surface area contributed by atoms with Gasteiger partial charge in [0.25, 0.3) is 0 Å². The topological polar surface area (TPSA) is 29.1 Å². The highest BCUT2D eigenvalue weighted by atomic mass is 16.1. The van der Waals surface area contributed by atoms with Crippen LogP contribution in [0.5, 0.6) is 0 Å². The zero-order chi connectivity index (χ0) is 9.31. The molecular weight excluding hydrogens is 162 g/mol. The lowest BCUT2D eigenvalue weighted by molar-refractivity contribution is -0.121. The van der Waals surface area contributed by atoms with Crippen LogP contribution in [-0.2, 0) is 4.79 Å². The summed E-state index contributed by atoms with van der Waals surface area (Å²) in [5, 5.41) is 3.05. The first-order valence-electron chi connectivity index (χ1n) is 5.51. The van der Waals surface area contributed by atoms with Crippen molar-refractivity contribution in [3.05, 3.63) is 0 Å². The number of amides is 1. The van der Waals surface area contributed by atoms with E-state index in [4.69, 9.17) is 0 Å². The van der Waals surface area contributed by atoms with E-state index in [0.717, 1.165) is 12.5 Å². The molecule has 2 bridgehead atoms. The predicted octanol–water partition coefficient (Wildman–Crippen LogP) is 2.09. The van der Waals surface area contributed by atoms with Gasteiger partial charge in [-0.1, -0.05) is 6.92 Å². The van der Waals surface area contributed by atoms with E-state index in [1.807, 2.05) is 6.92 Å². The van der Waals surface area contributed by atoms with Crippen LogP contribution in [0, 0.1) is 11.3 Å². The maximum absolute atomic E-state index is 11.1. The van der Waals surface area contributed by atoms with Gasteiger partial charge < -0.3 is 5.32 Å². The van der Waals surface area contributed by atoms with Gasteiger partial charge >= 0.3 is 0 Å². The van der Waals surface area contributed by atoms with Crippen LogP contribution in [0.25, 0.3) is 0 Å². The molecular formula is C11H19NO. The maximum Gasteiger partial charge on any atom is 0.219 e. The molecule has 2 rings (SSSR count). The van der Waals surface area contributed by atoms with Crippen LogP contribution >= 0.6 is 0 Å². The zero-order valence-corrected chi connectivity index (χ0v) is 8.44. The predicted molar refractivity (Wildman–Crippen MR) is 52.3 cm³/mol. The van der Waals surface area contributed by atoms with Crippen molar-refractivity contribution in [2.45, 2.75) is 45.4 Å². The summed E-state index contributed by atoms with van der Waals surface area (Å²) in [5.41, 5.74) is 0.509. The molecule has 0 spiro atoms. The summed E-state index contributed by atoms with van der Waals surface area (Å²) < 4.78 is 0. The summed E-state index contributed by atoms with van der Waals surface area (Å²) in [6, 6.07) is 0. The molecule has 2 aliphatic carbocycles. The lowest BCUT2D eigenvalue weighted by atomic mass is 9.84. The molecule has 0 aliphatic heterocycles. The minimum absolute atomic E-state index is 0.213. The van der Waals surface area contributed by atoms with E-state index < -0.39 is 0 Å². The summed E-state index contributed by atoms with van der Waals surface area (Å²) in [5.74, 6) is 1.20. The van der Waals surface area contributed by atoms with Gasteiger partial charge in [0.1, 0.15) is 0 Å². The Bertz CT molecular complexity index is 204. The van der Waals surface area contributed by atoms with E-state index in [2.05, 4.69) is 5.32 Å². The lowest BCUT2D eigenvalue weighted by Crippen LogP contribution is -2.34. The molecule has 2 aliphatic rings. The van der Waals surface area contributed by atoms with E-state index in [-0.39, 0.29) is 5.91 Å². The highest BCUT2D eigenvalue weighted by molar-refractivity contribution is 5.75. The normalized spacial score (nSPS) is 36.5. The van der Waals surface area contributed by atoms with Crippen molar-refractivity contribution < 1.29 is 4.79 Å². The molecule has 1 N–H and O–H groups in total. The fourth-order valence-electron chi connectivity index (χ4n) is 2.97. The van der Waals surface area contributed by atoms with Gasteiger partial charge in [-0.2, -0.15) is 0 Å². The van der Waals surface area contributed by atoms with Gasteiger partial charge in [0.15, 0.2) is 0 Å². The number of carbonyl (C=O) groups excluding carboxylic acids is 1. The van der Waals surface area contributed by atoms with Crippen molar-refractivity contribution in [1.82, 2.24) is 5.32 Å². The Hall–Kier alpha value is -0.530. The fraction of sp³-hybridized carbons (Fsp3) is 0.909. The van der Waals surface area contributed by atoms with Gasteiger partial charge in [0.05, 0.1) is 0 Å². The quantitative estimate of drug-likeness (QED) is 0.709. The smallest absolute Gasteiger partial charge is 0.219 e. The van der Waals surface area contributed by atoms with Crippen LogP contribution in [0.1, 0.15) is 45.4 Å². The molecule has 74 valence electrons. The van der Waals surface area contributed by atoms with Crippen LogP contribution in [-0.4, -0.2) is 12.5 Å². The average molecular weight is 181 g/mol. The fourth-order valence-corrected chi connectivity index (χ4v) is 2.97. The Labute approximate surface area is 80.1 Å². The SMILES string of the molecule is CCC(=O)NCC12CCC(CC1)C2. The number of fused-ring (bicyclic) bond motifs is 2. The first kappa shape index (κ1) is 9.04. The van der Waals surface area contributed by atoms with Gasteiger partial charge in [-0.3, -0.25) is 4.79 Å². The molecule has 0 heterocycles. The first-order valence-corrected chi connectivity index (χ1v) is 5.51. The van der Waals surface area contributed by atoms with E-state index in [9.17, 15) is 4.79 Å². The molecule has 2 nitrogen and oxygen atoms in total. The molecule has 13 heavy (non-hydrogen) atoms. The monoisotopic (exact) mass is 181 g/mol. The number of hydrogen-bond acceptors (Lipinski definition) is 1. The van der Waals surface area contributed by atoms with Gasteiger partial charge in [-0.05, 0) is 43.4 Å². The maximum atomic E-state index is 11.1. The largest absolute Gasteiger partial charge is 0.356 e. The zero-order valence-electron chi connectivity index (χ0n) is 8.44. The summed E-state index contributed by atoms with van der Waals surface area (Å²) in [6.07, 6.45) is 7.50. The van der Waals surface area contributed by atoms with Crippen molar-refractivity contribution in [1.29, 1.82) is 0 Å². The Kier molecular flexibility index (Phi) is 2.31. The van der Waals surface area contributed by atoms with Gasteiger partial charge in [0, 0.05) is 13.0 Å². The molecule has 0 aromatic carbocycles. The van der Waals surface area contributed by atoms with Crippen LogP contribution < -0.4 is 5.32 Å². The minimum Gasteiger partial charge on any atom is -0.356 e. The number of carbonyl (C=O) groups is 1. The van der Waals surface area contributed by atoms with E-state index in [1.54, 1.807) is 0 Å². The second-order valence-electron chi connectivity index (χ2n) is 4.78. The lowest BCUT2D eigenvalue weighted by Gasteiger charge is -2.26. The van der Waals surface area contributed by atoms with Crippen molar-refractivity contribution in [3.8, 4) is 0 Å². The standard InChI is InChI=1S/C11H19NO/c1-2-10(13)12-8-11-5-3-9(7-11)4-6-11/h9H,2-8H2,1H3,(H,12,13). The third-order valence-electron chi connectivity index (χ3n) is 3.87. The highest BCUT2D eigenvalue weighted by Crippen LogP contribution is 2.53. The van der Waals surface area contributed by atoms with Crippen LogP contribution in [0.4, 0.5) is 0 Å². The molecule has 0 saturated heterocycles. The Morgan fingerprint density at radius 3 is 2.62 bits per heavy atom. The molecule has 0 aromatic rings. The third-order valence-corrected chi connectivity index (χ3v) is 3.87. The van der Waals surface area contributed by atoms with E-state index >= 15 is 0 Å². The highest BCUT2D eigenvalue weighted by Gasteiger charge is 2.44. The molecule has 2 heteroatoms. The van der Waals surface area contributed by atoms with E-state index in [1.165, 1.54) is 32.1 Å². The summed E-state index contributed by atoms with van der Waals surface area (Å²) >= 11 is 0. The summed E-state index contributed by atoms with van der Waals surface area (Å²) in [4.78, 5) is 11.1. The minimum atomic E-state index is 0.213. The Morgan fingerprint density at radius 2 is 2.15 bits per heavy atom. The van der Waals surface area contributed by atoms with Gasteiger partial charge in [-0.25, -0.2) is 0 Å². The second kappa shape index (κ2) is 3.32. The molecule has 0 unspecified atom stereocenters. The van der Waals surface area contributed by atoms with Crippen molar-refractivity contribution in [2.75, 3.05) is 6.54 Å². The Morgan fingerprint density at radius 1 is 1.46 bits per heavy atom. The summed E-state index contributed by atoms with van der Waals surface area (Å²) in [7, 11) is 0. The number of nitrogens with one attached hydrogen (secondary N) is 1. The van der Waals surface area contributed by atoms with Crippen molar-refractivity contribution >= 4 is 5.91 Å². The molecule has 2 fully saturated rings. The Balaban J connectivity index is 1.84. The van der Waals surface area contributed by atoms with Gasteiger partial charge in [0.2, 0.25) is 5.91 Å². The molecule has 2 saturated carbocycles. The number of hydrogen-bond donors (Lipinski definition) is 1. The van der Waals surface area contributed by atoms with Crippen molar-refractivity contribution in [2.24, 2.45) is 11.3 Å². The van der Waals surface area contributed by atoms with Gasteiger partial charge in [-0.15, -0.1) is 0 Å². The molecule has 0 aromatic heterocycles. The molecule has 0 atom stereocenters. The third kappa shape index (κ3) is 1.72. The van der Waals surface area contributed by atoms with Crippen molar-refractivity contribution in [3.63, 3.8) is 0 Å². The molecule has 1 amide bonds. The van der Waals surface area contributed by atoms with Crippen LogP contribution in [0.15, 0.2) is 0 Å². The van der Waals surface area contributed by atoms with Crippen LogP contribution in [0.3, 0.4) is 0 Å². The first-order chi connectivity index (χ1) is 6.24. The molecule has 0 radical (unpaired) electrons. The second-order valence-corrected chi connectivity index (χ2v) is 4.78. The van der Waals surface area contributed by atoms with E-state index in [0.29, 0.717) is 11.8 Å². The summed E-state index contributed by atoms with van der Waals surface area (Å²) in [6.45, 7) is 2.86. The average Bonchev–Trinajstić information content (AvgIpc) is 2.74. The number of rotatable bonds is 3. The van der Waals surface area contributed by atoms with Crippen LogP contribution in [0.2, 0.25) is 0 Å².